The number of carbonyl (C=O) groups excluding carboxylic acids is 1. The van der Waals surface area contributed by atoms with Crippen LogP contribution in [0.4, 0.5) is 15.2 Å². The normalized spacial score (nSPS) is 10.3. The number of esters is 1. The minimum absolute atomic E-state index is 0.270. The number of aromatic nitrogens is 1. The van der Waals surface area contributed by atoms with Crippen LogP contribution < -0.4 is 5.32 Å². The van der Waals surface area contributed by atoms with Gasteiger partial charge in [0.2, 0.25) is 0 Å². The van der Waals surface area contributed by atoms with Crippen molar-refractivity contribution in [2.24, 2.45) is 0 Å². The minimum atomic E-state index is -0.444. The second-order valence-electron chi connectivity index (χ2n) is 3.51. The van der Waals surface area contributed by atoms with E-state index in [1.165, 1.54) is 23.5 Å². The van der Waals surface area contributed by atoms with Crippen LogP contribution in [0.25, 0.3) is 0 Å². The number of nitrogens with zero attached hydrogens (tertiary/aromatic N) is 1. The van der Waals surface area contributed by atoms with Crippen LogP contribution in [0.15, 0.2) is 23.6 Å². The molecule has 0 bridgehead atoms. The number of hydrogen-bond donors (Lipinski definition) is 1. The molecule has 4 nitrogen and oxygen atoms in total. The van der Waals surface area contributed by atoms with Crippen molar-refractivity contribution in [3.63, 3.8) is 0 Å². The largest absolute Gasteiger partial charge is 0.461 e. The van der Waals surface area contributed by atoms with Crippen molar-refractivity contribution in [3.8, 4) is 0 Å². The molecule has 0 aliphatic carbocycles. The van der Waals surface area contributed by atoms with Crippen LogP contribution in [0.1, 0.15) is 17.4 Å². The van der Waals surface area contributed by atoms with E-state index >= 15 is 0 Å². The zero-order valence-electron chi connectivity index (χ0n) is 9.94. The first kappa shape index (κ1) is 14.2. The highest BCUT2D eigenvalue weighted by molar-refractivity contribution is 14.1. The molecule has 0 atom stereocenters. The molecule has 1 aromatic heterocycles. The number of ether oxygens (including phenoxy) is 1. The third-order valence-corrected chi connectivity index (χ3v) is 3.81. The van der Waals surface area contributed by atoms with Crippen molar-refractivity contribution < 1.29 is 13.9 Å². The fraction of sp³-hybridized carbons (Fsp3) is 0.167. The maximum Gasteiger partial charge on any atom is 0.357 e. The third kappa shape index (κ3) is 3.63. The summed E-state index contributed by atoms with van der Waals surface area (Å²) in [6.45, 7) is 2.05. The lowest BCUT2D eigenvalue weighted by atomic mass is 10.3. The summed E-state index contributed by atoms with van der Waals surface area (Å²) in [4.78, 5) is 15.6. The van der Waals surface area contributed by atoms with Crippen LogP contribution >= 0.6 is 33.9 Å². The van der Waals surface area contributed by atoms with Gasteiger partial charge in [0.05, 0.1) is 12.3 Å². The van der Waals surface area contributed by atoms with Gasteiger partial charge in [0.1, 0.15) is 5.82 Å². The van der Waals surface area contributed by atoms with Crippen molar-refractivity contribution in [3.05, 3.63) is 38.7 Å². The average Bonchev–Trinajstić information content (AvgIpc) is 2.82. The van der Waals surface area contributed by atoms with E-state index in [4.69, 9.17) is 4.74 Å². The predicted molar refractivity (Wildman–Crippen MR) is 80.5 cm³/mol. The number of thiazole rings is 1. The van der Waals surface area contributed by atoms with E-state index in [-0.39, 0.29) is 11.5 Å². The van der Waals surface area contributed by atoms with Crippen LogP contribution in [0.2, 0.25) is 0 Å². The molecule has 1 N–H and O–H groups in total. The monoisotopic (exact) mass is 392 g/mol. The molecule has 7 heteroatoms. The second-order valence-corrected chi connectivity index (χ2v) is 5.53. The van der Waals surface area contributed by atoms with E-state index in [0.29, 0.717) is 11.7 Å². The fourth-order valence-electron chi connectivity index (χ4n) is 1.34. The summed E-state index contributed by atoms with van der Waals surface area (Å²) in [5.41, 5.74) is 1.01. The Labute approximate surface area is 127 Å². The van der Waals surface area contributed by atoms with E-state index in [0.717, 1.165) is 9.26 Å². The zero-order chi connectivity index (χ0) is 13.8. The van der Waals surface area contributed by atoms with Gasteiger partial charge in [-0.3, -0.25) is 0 Å². The molecule has 1 heterocycles. The number of halogens is 2. The molecule has 0 saturated carbocycles. The second kappa shape index (κ2) is 6.29. The van der Waals surface area contributed by atoms with Gasteiger partial charge in [-0.2, -0.15) is 0 Å². The predicted octanol–water partition coefficient (Wildman–Crippen LogP) is 3.81. The van der Waals surface area contributed by atoms with Crippen molar-refractivity contribution in [2.75, 3.05) is 11.9 Å². The van der Waals surface area contributed by atoms with Gasteiger partial charge in [0.25, 0.3) is 0 Å². The van der Waals surface area contributed by atoms with Gasteiger partial charge in [-0.05, 0) is 47.7 Å². The molecule has 1 aromatic carbocycles. The van der Waals surface area contributed by atoms with Gasteiger partial charge in [0.15, 0.2) is 10.8 Å². The number of rotatable bonds is 4. The first-order valence-corrected chi connectivity index (χ1v) is 7.40. The quantitative estimate of drug-likeness (QED) is 0.635. The first-order chi connectivity index (χ1) is 9.10. The summed E-state index contributed by atoms with van der Waals surface area (Å²) >= 11 is 3.32. The highest BCUT2D eigenvalue weighted by atomic mass is 127. The Kier molecular flexibility index (Phi) is 4.70. The SMILES string of the molecule is CCOC(=O)c1csc(Nc2ccc(F)cc2I)n1. The molecule has 0 amide bonds. The van der Waals surface area contributed by atoms with Gasteiger partial charge >= 0.3 is 5.97 Å². The molecule has 100 valence electrons. The van der Waals surface area contributed by atoms with Crippen LogP contribution in [0.5, 0.6) is 0 Å². The standard InChI is InChI=1S/C12H10FIN2O2S/c1-2-18-11(17)10-6-19-12(16-10)15-9-4-3-7(13)5-8(9)14/h3-6H,2H2,1H3,(H,15,16). The molecule has 0 aliphatic heterocycles. The maximum atomic E-state index is 13.0. The third-order valence-electron chi connectivity index (χ3n) is 2.16. The smallest absolute Gasteiger partial charge is 0.357 e. The van der Waals surface area contributed by atoms with E-state index in [1.807, 2.05) is 22.6 Å². The van der Waals surface area contributed by atoms with E-state index in [2.05, 4.69) is 10.3 Å². The number of nitrogens with one attached hydrogen (secondary N) is 1. The van der Waals surface area contributed by atoms with Crippen molar-refractivity contribution in [1.29, 1.82) is 0 Å². The molecule has 0 aliphatic rings. The van der Waals surface area contributed by atoms with Crippen LogP contribution in [-0.2, 0) is 4.74 Å². The van der Waals surface area contributed by atoms with Crippen LogP contribution in [0, 0.1) is 9.39 Å². The van der Waals surface area contributed by atoms with Crippen LogP contribution in [-0.4, -0.2) is 17.6 Å². The molecular weight excluding hydrogens is 382 g/mol. The Balaban J connectivity index is 2.13. The summed E-state index contributed by atoms with van der Waals surface area (Å²) in [5.74, 6) is -0.734. The minimum Gasteiger partial charge on any atom is -0.461 e. The summed E-state index contributed by atoms with van der Waals surface area (Å²) in [6.07, 6.45) is 0. The molecule has 2 aromatic rings. The van der Waals surface area contributed by atoms with Gasteiger partial charge in [0, 0.05) is 8.95 Å². The zero-order valence-corrected chi connectivity index (χ0v) is 12.9. The van der Waals surface area contributed by atoms with E-state index in [9.17, 15) is 9.18 Å². The Morgan fingerprint density at radius 1 is 1.58 bits per heavy atom. The van der Waals surface area contributed by atoms with Crippen molar-refractivity contribution in [1.82, 2.24) is 4.98 Å². The highest BCUT2D eigenvalue weighted by Crippen LogP contribution is 2.25. The summed E-state index contributed by atoms with van der Waals surface area (Å²) in [5, 5.41) is 5.23. The molecule has 0 radical (unpaired) electrons. The van der Waals surface area contributed by atoms with Crippen molar-refractivity contribution >= 4 is 50.7 Å². The summed E-state index contributed by atoms with van der Waals surface area (Å²) < 4.78 is 18.6. The molecule has 2 rings (SSSR count). The number of hydrogen-bond acceptors (Lipinski definition) is 5. The maximum absolute atomic E-state index is 13.0. The Morgan fingerprint density at radius 2 is 2.37 bits per heavy atom. The fourth-order valence-corrected chi connectivity index (χ4v) is 2.64. The Morgan fingerprint density at radius 3 is 3.05 bits per heavy atom. The summed E-state index contributed by atoms with van der Waals surface area (Å²) in [7, 11) is 0. The Hall–Kier alpha value is -1.22. The van der Waals surface area contributed by atoms with E-state index in [1.54, 1.807) is 18.4 Å². The molecule has 19 heavy (non-hydrogen) atoms. The highest BCUT2D eigenvalue weighted by Gasteiger charge is 2.12. The van der Waals surface area contributed by atoms with E-state index < -0.39 is 5.97 Å². The molecular formula is C12H10FIN2O2S. The molecule has 0 saturated heterocycles. The lowest BCUT2D eigenvalue weighted by molar-refractivity contribution is 0.0520. The van der Waals surface area contributed by atoms with Gasteiger partial charge in [-0.1, -0.05) is 0 Å². The molecule has 0 spiro atoms. The number of carbonyl (C=O) groups is 1. The summed E-state index contributed by atoms with van der Waals surface area (Å²) in [6, 6.07) is 4.41. The lowest BCUT2D eigenvalue weighted by Gasteiger charge is -2.05. The average molecular weight is 392 g/mol. The van der Waals surface area contributed by atoms with Gasteiger partial charge in [-0.25, -0.2) is 14.2 Å². The first-order valence-electron chi connectivity index (χ1n) is 5.45. The van der Waals surface area contributed by atoms with Crippen molar-refractivity contribution in [2.45, 2.75) is 6.92 Å². The Bertz CT molecular complexity index is 603. The molecule has 0 fully saturated rings. The topological polar surface area (TPSA) is 51.2 Å². The number of anilines is 2. The number of benzene rings is 1. The molecule has 0 unspecified atom stereocenters. The van der Waals surface area contributed by atoms with Gasteiger partial charge in [-0.15, -0.1) is 11.3 Å². The van der Waals surface area contributed by atoms with Crippen LogP contribution in [0.3, 0.4) is 0 Å². The van der Waals surface area contributed by atoms with Gasteiger partial charge < -0.3 is 10.1 Å². The lowest BCUT2D eigenvalue weighted by Crippen LogP contribution is -2.05.